The molecule has 0 saturated carbocycles. The third kappa shape index (κ3) is 16.8. The molecule has 13 rings (SSSR count). The Morgan fingerprint density at radius 3 is 1.24 bits per heavy atom. The highest BCUT2D eigenvalue weighted by molar-refractivity contribution is 7.59. The number of rotatable bonds is 26. The van der Waals surface area contributed by atoms with Gasteiger partial charge in [-0.25, -0.2) is 0 Å². The number of unbranched alkanes of at least 4 members (excludes halogenated alkanes) is 2. The molecule has 0 aliphatic carbocycles. The van der Waals surface area contributed by atoms with Gasteiger partial charge in [0, 0.05) is 132 Å². The number of nitrogens with two attached hydrogens (primary N) is 1. The summed E-state index contributed by atoms with van der Waals surface area (Å²) in [5.74, 6) is -0.292. The second-order valence-corrected chi connectivity index (χ2v) is 30.0. The lowest BCUT2D eigenvalue weighted by Gasteiger charge is -2.26. The summed E-state index contributed by atoms with van der Waals surface area (Å²) >= 11 is 0. The number of nitrogens with zero attached hydrogens (tertiary/aromatic N) is 4. The minimum absolute atomic E-state index is 0. The van der Waals surface area contributed by atoms with Gasteiger partial charge in [-0.15, -0.1) is 12.6 Å². The maximum atomic E-state index is 12.9. The van der Waals surface area contributed by atoms with Crippen molar-refractivity contribution in [1.29, 1.82) is 0 Å². The molecule has 0 unspecified atom stereocenters. The van der Waals surface area contributed by atoms with E-state index >= 15 is 0 Å². The van der Waals surface area contributed by atoms with Crippen LogP contribution in [0.1, 0.15) is 150 Å². The average molecular weight is 1470 g/mol. The van der Waals surface area contributed by atoms with E-state index in [1.54, 1.807) is 24.3 Å². The van der Waals surface area contributed by atoms with Crippen molar-refractivity contribution in [2.75, 3.05) is 55.7 Å². The number of anilines is 2. The Labute approximate surface area is 636 Å². The van der Waals surface area contributed by atoms with E-state index in [9.17, 15) is 23.6 Å². The molecule has 560 valence electrons. The number of hydrogen-bond donors (Lipinski definition) is 4. The Hall–Kier alpha value is -10.7. The van der Waals surface area contributed by atoms with E-state index in [-0.39, 0.29) is 58.5 Å². The molecule has 4 heterocycles. The third-order valence-electron chi connectivity index (χ3n) is 21.4. The Balaban J connectivity index is 0.000000241. The van der Waals surface area contributed by atoms with Gasteiger partial charge in [-0.1, -0.05) is 185 Å². The maximum Gasteiger partial charge on any atom is 0.425 e. The zero-order chi connectivity index (χ0) is 75.3. The molecule has 0 aromatic heterocycles. The first kappa shape index (κ1) is 81.4. The van der Waals surface area contributed by atoms with Crippen molar-refractivity contribution in [3.63, 3.8) is 0 Å². The molecular weight excluding hydrogens is 1370 g/mol. The number of benzene rings is 9. The molecule has 9 aromatic rings. The Bertz CT molecular complexity index is 5230. The topological polar surface area (TPSA) is 240 Å². The van der Waals surface area contributed by atoms with Crippen molar-refractivity contribution in [2.45, 2.75) is 128 Å². The summed E-state index contributed by atoms with van der Waals surface area (Å²) in [5, 5.41) is 13.1. The fourth-order valence-corrected chi connectivity index (χ4v) is 16.5. The van der Waals surface area contributed by atoms with Crippen LogP contribution in [0.2, 0.25) is 0 Å². The number of halogens is 1. The number of ketones is 1. The summed E-state index contributed by atoms with van der Waals surface area (Å²) < 4.78 is 42.8. The summed E-state index contributed by atoms with van der Waals surface area (Å²) in [7, 11) is -3.11. The molecule has 0 spiro atoms. The molecule has 108 heavy (non-hydrogen) atoms. The smallest absolute Gasteiger partial charge is 0.352 e. The van der Waals surface area contributed by atoms with E-state index in [0.717, 1.165) is 51.3 Å². The van der Waals surface area contributed by atoms with Crippen LogP contribution in [0.5, 0.6) is 0 Å². The molecule has 4 aliphatic rings. The molecule has 17 heteroatoms. The largest absolute Gasteiger partial charge is 0.425 e. The average Bonchev–Trinajstić information content (AvgIpc) is 1.60. The molecule has 0 fully saturated rings. The predicted octanol–water partition coefficient (Wildman–Crippen LogP) is 18.7. The Morgan fingerprint density at radius 2 is 0.843 bits per heavy atom. The number of allylic oxidation sites excluding steroid dienone is 12. The lowest BCUT2D eigenvalue weighted by molar-refractivity contribution is -0.438. The van der Waals surface area contributed by atoms with Crippen LogP contribution in [-0.2, 0) is 41.9 Å². The van der Waals surface area contributed by atoms with E-state index in [1.165, 1.54) is 111 Å². The fraction of sp³-hybridized carbons (Fsp3) is 0.297. The monoisotopic (exact) mass is 1470 g/mol. The summed E-state index contributed by atoms with van der Waals surface area (Å²) in [5.41, 5.74) is 21.2. The van der Waals surface area contributed by atoms with Crippen LogP contribution >= 0.6 is 0 Å². The lowest BCUT2D eigenvalue weighted by atomic mass is 9.79. The first-order valence-corrected chi connectivity index (χ1v) is 38.0. The third-order valence-corrected chi connectivity index (χ3v) is 21.4. The highest BCUT2D eigenvalue weighted by Gasteiger charge is 2.48. The van der Waals surface area contributed by atoms with Gasteiger partial charge < -0.3 is 42.7 Å². The Kier molecular flexibility index (Phi) is 27.0. The van der Waals surface area contributed by atoms with Crippen molar-refractivity contribution in [3.05, 3.63) is 275 Å². The number of Topliss-reactive ketones (excluding diaryl/α,β-unsaturated/α-hetero) is 1. The molecule has 15 nitrogen and oxygen atoms in total. The molecule has 9 aromatic carbocycles. The van der Waals surface area contributed by atoms with Crippen LogP contribution in [0.3, 0.4) is 0 Å². The molecule has 0 radical (unpaired) electrons. The van der Waals surface area contributed by atoms with E-state index in [0.29, 0.717) is 50.1 Å². The van der Waals surface area contributed by atoms with Crippen LogP contribution in [0.25, 0.3) is 43.1 Å². The number of fused-ring (bicyclic) bond motifs is 12. The van der Waals surface area contributed by atoms with Crippen LogP contribution in [0.4, 0.5) is 27.1 Å². The van der Waals surface area contributed by atoms with Gasteiger partial charge >= 0.3 is 10.6 Å². The highest BCUT2D eigenvalue weighted by atomic mass is 32.2. The lowest BCUT2D eigenvalue weighted by Crippen LogP contribution is -2.28. The van der Waals surface area contributed by atoms with E-state index in [4.69, 9.17) is 18.4 Å². The number of nitrogens with one attached hydrogen (secondary N) is 1. The second-order valence-electron chi connectivity index (χ2n) is 29.6. The normalized spacial score (nSPS) is 16.2. The van der Waals surface area contributed by atoms with Gasteiger partial charge in [-0.05, 0) is 156 Å². The van der Waals surface area contributed by atoms with Crippen molar-refractivity contribution in [2.24, 2.45) is 5.73 Å². The first-order valence-electron chi connectivity index (χ1n) is 37.0. The minimum Gasteiger partial charge on any atom is -0.352 e. The molecule has 4 aliphatic heterocycles. The van der Waals surface area contributed by atoms with Gasteiger partial charge in [0.1, 0.15) is 25.7 Å². The summed E-state index contributed by atoms with van der Waals surface area (Å²) in [4.78, 5) is 52.7. The number of alkyl halides is 1. The number of aldehydes is 2. The summed E-state index contributed by atoms with van der Waals surface area (Å²) in [6.45, 7) is 22.2. The van der Waals surface area contributed by atoms with Crippen LogP contribution < -0.4 is 33.2 Å². The molecule has 0 atom stereocenters. The molecular formula is C91H103FN8O7S+2. The molecule has 0 bridgehead atoms. The van der Waals surface area contributed by atoms with Crippen molar-refractivity contribution < 1.29 is 45.3 Å². The zero-order valence-electron chi connectivity index (χ0n) is 63.6. The van der Waals surface area contributed by atoms with Crippen LogP contribution in [0.15, 0.2) is 242 Å². The van der Waals surface area contributed by atoms with Gasteiger partial charge in [0.2, 0.25) is 11.4 Å². The van der Waals surface area contributed by atoms with Gasteiger partial charge in [0.05, 0.1) is 17.5 Å². The molecule has 0 saturated heterocycles. The van der Waals surface area contributed by atoms with Crippen LogP contribution in [-0.4, -0.2) is 103 Å². The number of carbonyl (C=O) groups excluding carboxylic acids is 4. The quantitative estimate of drug-likeness (QED) is 0.0130. The fourth-order valence-electron chi connectivity index (χ4n) is 16.5. The van der Waals surface area contributed by atoms with E-state index in [1.807, 2.05) is 0 Å². The second kappa shape index (κ2) is 35.8. The summed E-state index contributed by atoms with van der Waals surface area (Å²) in [6.07, 6.45) is 28.9. The predicted molar refractivity (Wildman–Crippen MR) is 442 cm³/mol. The maximum absolute atomic E-state index is 12.9. The number of hydrogen-bond acceptors (Lipinski definition) is 12. The molecule has 1 amide bonds. The first-order chi connectivity index (χ1) is 51.1. The van der Waals surface area contributed by atoms with Gasteiger partial charge in [0.15, 0.2) is 17.2 Å². The van der Waals surface area contributed by atoms with E-state index in [2.05, 4.69) is 286 Å². The zero-order valence-corrected chi connectivity index (χ0v) is 64.4. The Morgan fingerprint density at radius 1 is 0.463 bits per heavy atom. The van der Waals surface area contributed by atoms with Crippen molar-refractivity contribution >= 4 is 112 Å². The standard InChI is InChI=1S/C51H52FN3O3.C40H44N3O.2H3N.O3S/c1-50(2)45(21-6-5-7-22-46-51(3,4)48-41-19-11-9-17-37(41)28-30-43(48)55(46)34-15-35-56)54(42-29-27-36-16-8-10-18-40(36)47(42)50)33-13-12-32-53-49(58)39-25-23-38(24-26-39)44(57)20-14-31-52;1-39(2)35(42(26-13-12-25-41)33-23-21-29-15-8-10-17-31(29)37(33)39)19-6-5-7-20-36-40(3,4)38-32-18-11-9-16-30(32)22-24-34(38)43(36)27-14-28-44;;;1-4(2)3/h5-11,16-19,21-30,35H,12-15,20,31-34H2,1-4H3;5-11,15-24,28H,12-14,25-27,41H2,1-4H3;2*1H3;/q;+1;;;/p+1. The highest BCUT2D eigenvalue weighted by Crippen LogP contribution is 2.53. The van der Waals surface area contributed by atoms with Gasteiger partial charge in [-0.3, -0.25) is 14.0 Å². The van der Waals surface area contributed by atoms with Gasteiger partial charge in [0.25, 0.3) is 5.91 Å². The number of amides is 1. The van der Waals surface area contributed by atoms with Crippen molar-refractivity contribution in [3.8, 4) is 0 Å². The summed E-state index contributed by atoms with van der Waals surface area (Å²) in [6, 6.07) is 58.8. The SMILES string of the molecule is CC1(C)C(/C=C/C=C/C=C2/N(CCC=O)c3ccc4ccccc4c3C2(C)C)=[N+](CCCCN)c2ccc3ccccc3c21.CC1(C)C(/C=C/C=C/C=C2/N(CCC=O)c3ccc4ccccc4c3C2(C)C)=[N+](CCCCNC(=O)c2ccc(C(=O)CCCF)cc2)c2ccc3ccccc3c21.N.N.O=S(=O)=O. The van der Waals surface area contributed by atoms with Crippen LogP contribution in [0, 0.1) is 0 Å². The molecule has 9 N–H and O–H groups in total. The van der Waals surface area contributed by atoms with Gasteiger partial charge in [-0.2, -0.15) is 9.15 Å². The number of carbonyl (C=O) groups is 4. The minimum atomic E-state index is -3.11. The van der Waals surface area contributed by atoms with Crippen molar-refractivity contribution in [1.82, 2.24) is 17.6 Å². The van der Waals surface area contributed by atoms with E-state index < -0.39 is 17.3 Å².